The van der Waals surface area contributed by atoms with Crippen LogP contribution >= 0.6 is 11.6 Å². The van der Waals surface area contributed by atoms with E-state index < -0.39 is 0 Å². The first-order chi connectivity index (χ1) is 10.0. The Labute approximate surface area is 131 Å². The molecule has 1 aromatic carbocycles. The Morgan fingerprint density at radius 3 is 2.90 bits per heavy atom. The fraction of sp³-hybridized carbons (Fsp3) is 0.562. The van der Waals surface area contributed by atoms with Crippen molar-refractivity contribution in [3.63, 3.8) is 0 Å². The Balaban J connectivity index is 2.09. The lowest BCUT2D eigenvalue weighted by atomic mass is 9.96. The van der Waals surface area contributed by atoms with Gasteiger partial charge in [-0.2, -0.15) is 0 Å². The van der Waals surface area contributed by atoms with E-state index in [4.69, 9.17) is 22.1 Å². The highest BCUT2D eigenvalue weighted by Gasteiger charge is 2.29. The molecule has 0 spiro atoms. The molecule has 1 amide bonds. The van der Waals surface area contributed by atoms with Gasteiger partial charge in [0.2, 0.25) is 5.91 Å². The Morgan fingerprint density at radius 1 is 1.52 bits per heavy atom. The zero-order valence-electron chi connectivity index (χ0n) is 12.6. The van der Waals surface area contributed by atoms with Crippen molar-refractivity contribution in [1.82, 2.24) is 4.90 Å². The summed E-state index contributed by atoms with van der Waals surface area (Å²) in [6.07, 6.45) is 3.48. The summed E-state index contributed by atoms with van der Waals surface area (Å²) in [7, 11) is 1.59. The van der Waals surface area contributed by atoms with Crippen LogP contribution in [-0.4, -0.2) is 36.5 Å². The van der Waals surface area contributed by atoms with E-state index in [9.17, 15) is 4.79 Å². The van der Waals surface area contributed by atoms with Crippen molar-refractivity contribution >= 4 is 17.5 Å². The van der Waals surface area contributed by atoms with Crippen LogP contribution in [-0.2, 0) is 11.2 Å². The second-order valence-corrected chi connectivity index (χ2v) is 6.05. The maximum atomic E-state index is 12.6. The zero-order valence-corrected chi connectivity index (χ0v) is 13.4. The van der Waals surface area contributed by atoms with E-state index in [0.717, 1.165) is 31.4 Å². The number of benzene rings is 1. The number of piperidine rings is 1. The van der Waals surface area contributed by atoms with Gasteiger partial charge in [0.05, 0.1) is 13.5 Å². The van der Waals surface area contributed by atoms with Crippen LogP contribution in [0, 0.1) is 0 Å². The highest BCUT2D eigenvalue weighted by Crippen LogP contribution is 2.25. The van der Waals surface area contributed by atoms with Gasteiger partial charge in [0, 0.05) is 23.7 Å². The first-order valence-electron chi connectivity index (χ1n) is 7.40. The molecule has 21 heavy (non-hydrogen) atoms. The number of ether oxygens (including phenoxy) is 1. The van der Waals surface area contributed by atoms with Crippen molar-refractivity contribution in [3.8, 4) is 5.75 Å². The number of hydrogen-bond donors (Lipinski definition) is 1. The van der Waals surface area contributed by atoms with Crippen molar-refractivity contribution in [2.75, 3.05) is 13.7 Å². The molecule has 116 valence electrons. The number of amides is 1. The number of hydrogen-bond acceptors (Lipinski definition) is 3. The minimum absolute atomic E-state index is 0.000546. The highest BCUT2D eigenvalue weighted by molar-refractivity contribution is 6.31. The molecule has 0 saturated carbocycles. The topological polar surface area (TPSA) is 55.6 Å². The first kappa shape index (κ1) is 16.1. The summed E-state index contributed by atoms with van der Waals surface area (Å²) in [5, 5.41) is 0.567. The predicted molar refractivity (Wildman–Crippen MR) is 84.7 cm³/mol. The van der Waals surface area contributed by atoms with E-state index in [-0.39, 0.29) is 18.0 Å². The standard InChI is InChI=1S/C16H23ClN2O2/c1-11(18)15-5-3-4-8-19(15)16(20)9-12-6-7-13(21-2)10-14(12)17/h6-7,10-11,15H,3-5,8-9,18H2,1-2H3/t11-,15+/m0/s1. The Bertz CT molecular complexity index is 505. The molecule has 2 N–H and O–H groups in total. The van der Waals surface area contributed by atoms with Gasteiger partial charge in [0.1, 0.15) is 5.75 Å². The minimum atomic E-state index is 0.000546. The number of nitrogens with zero attached hydrogens (tertiary/aromatic N) is 1. The molecule has 4 nitrogen and oxygen atoms in total. The Hall–Kier alpha value is -1.26. The van der Waals surface area contributed by atoms with Gasteiger partial charge in [-0.05, 0) is 43.9 Å². The number of carbonyl (C=O) groups is 1. The summed E-state index contributed by atoms with van der Waals surface area (Å²) in [6.45, 7) is 2.76. The zero-order chi connectivity index (χ0) is 15.4. The average molecular weight is 311 g/mol. The predicted octanol–water partition coefficient (Wildman–Crippen LogP) is 2.62. The van der Waals surface area contributed by atoms with Crippen molar-refractivity contribution in [2.24, 2.45) is 5.73 Å². The molecule has 5 heteroatoms. The molecule has 0 bridgehead atoms. The normalized spacial score (nSPS) is 20.2. The quantitative estimate of drug-likeness (QED) is 0.930. The van der Waals surface area contributed by atoms with Gasteiger partial charge in [0.25, 0.3) is 0 Å². The molecule has 0 radical (unpaired) electrons. The maximum absolute atomic E-state index is 12.6. The molecule has 1 heterocycles. The highest BCUT2D eigenvalue weighted by atomic mass is 35.5. The fourth-order valence-electron chi connectivity index (χ4n) is 2.88. The molecule has 2 atom stereocenters. The van der Waals surface area contributed by atoms with Crippen LogP contribution in [0.25, 0.3) is 0 Å². The minimum Gasteiger partial charge on any atom is -0.497 e. The molecule has 1 aliphatic heterocycles. The SMILES string of the molecule is COc1ccc(CC(=O)N2CCCC[C@@H]2[C@H](C)N)c(Cl)c1. The molecule has 1 fully saturated rings. The van der Waals surface area contributed by atoms with E-state index in [0.29, 0.717) is 17.2 Å². The first-order valence-corrected chi connectivity index (χ1v) is 7.78. The largest absolute Gasteiger partial charge is 0.497 e. The number of carbonyl (C=O) groups excluding carboxylic acids is 1. The van der Waals surface area contributed by atoms with E-state index in [1.807, 2.05) is 24.0 Å². The van der Waals surface area contributed by atoms with Gasteiger partial charge < -0.3 is 15.4 Å². The summed E-state index contributed by atoms with van der Waals surface area (Å²) in [5.41, 5.74) is 6.85. The maximum Gasteiger partial charge on any atom is 0.227 e. The van der Waals surface area contributed by atoms with E-state index >= 15 is 0 Å². The van der Waals surface area contributed by atoms with Gasteiger partial charge in [-0.25, -0.2) is 0 Å². The van der Waals surface area contributed by atoms with Crippen LogP contribution in [0.3, 0.4) is 0 Å². The number of nitrogens with two attached hydrogens (primary N) is 1. The smallest absolute Gasteiger partial charge is 0.227 e. The average Bonchev–Trinajstić information content (AvgIpc) is 2.49. The molecular formula is C16H23ClN2O2. The summed E-state index contributed by atoms with van der Waals surface area (Å²) in [4.78, 5) is 14.5. The number of methoxy groups -OCH3 is 1. The third-order valence-electron chi connectivity index (χ3n) is 4.08. The van der Waals surface area contributed by atoms with Crippen LogP contribution in [0.5, 0.6) is 5.75 Å². The Morgan fingerprint density at radius 2 is 2.29 bits per heavy atom. The van der Waals surface area contributed by atoms with Gasteiger partial charge in [-0.1, -0.05) is 17.7 Å². The number of likely N-dealkylation sites (tertiary alicyclic amines) is 1. The lowest BCUT2D eigenvalue weighted by Crippen LogP contribution is -2.52. The number of rotatable bonds is 4. The summed E-state index contributed by atoms with van der Waals surface area (Å²) >= 11 is 6.21. The van der Waals surface area contributed by atoms with E-state index in [2.05, 4.69) is 0 Å². The van der Waals surface area contributed by atoms with Gasteiger partial charge in [-0.3, -0.25) is 4.79 Å². The van der Waals surface area contributed by atoms with Gasteiger partial charge in [0.15, 0.2) is 0 Å². The van der Waals surface area contributed by atoms with Crippen LogP contribution in [0.1, 0.15) is 31.7 Å². The van der Waals surface area contributed by atoms with Crippen molar-refractivity contribution in [1.29, 1.82) is 0 Å². The molecule has 0 aliphatic carbocycles. The molecule has 0 unspecified atom stereocenters. The van der Waals surface area contributed by atoms with E-state index in [1.165, 1.54) is 0 Å². The van der Waals surface area contributed by atoms with Crippen LogP contribution < -0.4 is 10.5 Å². The van der Waals surface area contributed by atoms with E-state index in [1.54, 1.807) is 13.2 Å². The second kappa shape index (κ2) is 7.14. The van der Waals surface area contributed by atoms with Crippen LogP contribution in [0.2, 0.25) is 5.02 Å². The molecule has 1 saturated heterocycles. The van der Waals surface area contributed by atoms with Crippen LogP contribution in [0.15, 0.2) is 18.2 Å². The number of halogens is 1. The third-order valence-corrected chi connectivity index (χ3v) is 4.43. The summed E-state index contributed by atoms with van der Waals surface area (Å²) in [6, 6.07) is 5.56. The molecule has 0 aromatic heterocycles. The van der Waals surface area contributed by atoms with Gasteiger partial charge >= 0.3 is 0 Å². The third kappa shape index (κ3) is 3.89. The Kier molecular flexibility index (Phi) is 5.48. The lowest BCUT2D eigenvalue weighted by Gasteiger charge is -2.38. The lowest BCUT2D eigenvalue weighted by molar-refractivity contribution is -0.134. The molecule has 2 rings (SSSR count). The second-order valence-electron chi connectivity index (χ2n) is 5.64. The molecule has 1 aromatic rings. The van der Waals surface area contributed by atoms with Crippen molar-refractivity contribution < 1.29 is 9.53 Å². The van der Waals surface area contributed by atoms with Crippen molar-refractivity contribution in [2.45, 2.75) is 44.7 Å². The van der Waals surface area contributed by atoms with Crippen molar-refractivity contribution in [3.05, 3.63) is 28.8 Å². The summed E-state index contributed by atoms with van der Waals surface area (Å²) in [5.74, 6) is 0.798. The monoisotopic (exact) mass is 310 g/mol. The fourth-order valence-corrected chi connectivity index (χ4v) is 3.11. The van der Waals surface area contributed by atoms with Crippen LogP contribution in [0.4, 0.5) is 0 Å². The molecular weight excluding hydrogens is 288 g/mol. The summed E-state index contributed by atoms with van der Waals surface area (Å²) < 4.78 is 5.12. The van der Waals surface area contributed by atoms with Gasteiger partial charge in [-0.15, -0.1) is 0 Å². The molecule has 1 aliphatic rings.